The van der Waals surface area contributed by atoms with Gasteiger partial charge >= 0.3 is 0 Å². The Kier molecular flexibility index (Phi) is 3.49. The molecule has 0 fully saturated rings. The van der Waals surface area contributed by atoms with Crippen LogP contribution < -0.4 is 5.73 Å². The maximum atomic E-state index is 5.77. The van der Waals surface area contributed by atoms with Gasteiger partial charge in [0.1, 0.15) is 0 Å². The Balaban J connectivity index is 2.26. The van der Waals surface area contributed by atoms with E-state index in [1.807, 2.05) is 0 Å². The van der Waals surface area contributed by atoms with Crippen molar-refractivity contribution in [3.05, 3.63) is 41.2 Å². The maximum Gasteiger partial charge on any atom is 0.183 e. The quantitative estimate of drug-likeness (QED) is 0.833. The maximum absolute atomic E-state index is 5.77. The number of aromatic amines is 1. The highest BCUT2D eigenvalue weighted by molar-refractivity contribution is 5.30. The molecule has 1 unspecified atom stereocenters. The lowest BCUT2D eigenvalue weighted by Crippen LogP contribution is -2.15. The van der Waals surface area contributed by atoms with Crippen LogP contribution in [0.15, 0.2) is 24.3 Å². The van der Waals surface area contributed by atoms with Crippen molar-refractivity contribution in [1.29, 1.82) is 0 Å². The van der Waals surface area contributed by atoms with Gasteiger partial charge in [0.15, 0.2) is 5.82 Å². The summed E-state index contributed by atoms with van der Waals surface area (Å²) in [6.07, 6.45) is 0. The highest BCUT2D eigenvalue weighted by Crippen LogP contribution is 2.22. The van der Waals surface area contributed by atoms with Crippen LogP contribution in [-0.4, -0.2) is 27.2 Å². The molecular weight excluding hydrogens is 214 g/mol. The largest absolute Gasteiger partial charge is 0.329 e. The minimum absolute atomic E-state index is 0.00922. The van der Waals surface area contributed by atoms with Crippen LogP contribution in [0.2, 0.25) is 0 Å². The predicted octanol–water partition coefficient (Wildman–Crippen LogP) is 1.41. The molecule has 0 bridgehead atoms. The fourth-order valence-corrected chi connectivity index (χ4v) is 1.82. The summed E-state index contributed by atoms with van der Waals surface area (Å²) in [5, 5.41) is 14.0. The zero-order valence-corrected chi connectivity index (χ0v) is 10.1. The number of hydrogen-bond donors (Lipinski definition) is 2. The van der Waals surface area contributed by atoms with E-state index in [4.69, 9.17) is 5.73 Å². The van der Waals surface area contributed by atoms with E-state index in [2.05, 4.69) is 58.7 Å². The van der Waals surface area contributed by atoms with Gasteiger partial charge in [0.25, 0.3) is 0 Å². The predicted molar refractivity (Wildman–Crippen MR) is 65.6 cm³/mol. The molecule has 1 atom stereocenters. The molecule has 0 saturated carbocycles. The van der Waals surface area contributed by atoms with Crippen LogP contribution in [0.5, 0.6) is 0 Å². The summed E-state index contributed by atoms with van der Waals surface area (Å²) >= 11 is 0. The van der Waals surface area contributed by atoms with Crippen LogP contribution in [0, 0.1) is 0 Å². The average Bonchev–Trinajstić information content (AvgIpc) is 2.84. The van der Waals surface area contributed by atoms with Gasteiger partial charge in [0, 0.05) is 6.54 Å². The second kappa shape index (κ2) is 5.05. The molecule has 0 amide bonds. The minimum atomic E-state index is 0.00922. The Hall–Kier alpha value is -1.75. The van der Waals surface area contributed by atoms with Crippen molar-refractivity contribution in [3.8, 4) is 0 Å². The topological polar surface area (TPSA) is 80.5 Å². The molecule has 17 heavy (non-hydrogen) atoms. The third kappa shape index (κ3) is 2.50. The van der Waals surface area contributed by atoms with Gasteiger partial charge in [-0.05, 0) is 17.0 Å². The van der Waals surface area contributed by atoms with Crippen molar-refractivity contribution in [2.75, 3.05) is 6.54 Å². The van der Waals surface area contributed by atoms with Crippen molar-refractivity contribution < 1.29 is 0 Å². The second-order valence-electron chi connectivity index (χ2n) is 4.38. The Morgan fingerprint density at radius 2 is 1.82 bits per heavy atom. The van der Waals surface area contributed by atoms with Gasteiger partial charge in [0.05, 0.1) is 5.92 Å². The molecule has 3 N–H and O–H groups in total. The van der Waals surface area contributed by atoms with Gasteiger partial charge in [-0.1, -0.05) is 43.3 Å². The molecule has 1 heterocycles. The number of tetrazole rings is 1. The fourth-order valence-electron chi connectivity index (χ4n) is 1.82. The van der Waals surface area contributed by atoms with Gasteiger partial charge in [0.2, 0.25) is 0 Å². The Morgan fingerprint density at radius 1 is 1.18 bits per heavy atom. The molecule has 5 heteroatoms. The monoisotopic (exact) mass is 231 g/mol. The molecule has 0 aliphatic heterocycles. The summed E-state index contributed by atoms with van der Waals surface area (Å²) in [6, 6.07) is 8.43. The lowest BCUT2D eigenvalue weighted by atomic mass is 9.95. The highest BCUT2D eigenvalue weighted by atomic mass is 15.5. The van der Waals surface area contributed by atoms with E-state index < -0.39 is 0 Å². The molecule has 1 aromatic heterocycles. The van der Waals surface area contributed by atoms with Crippen molar-refractivity contribution in [3.63, 3.8) is 0 Å². The molecule has 90 valence electrons. The normalized spacial score (nSPS) is 12.9. The van der Waals surface area contributed by atoms with Crippen molar-refractivity contribution in [2.45, 2.75) is 25.7 Å². The summed E-state index contributed by atoms with van der Waals surface area (Å²) in [5.41, 5.74) is 8.21. The number of benzene rings is 1. The van der Waals surface area contributed by atoms with Crippen molar-refractivity contribution in [1.82, 2.24) is 20.6 Å². The zero-order valence-electron chi connectivity index (χ0n) is 10.1. The number of H-pyrrole nitrogens is 1. The molecule has 0 aliphatic carbocycles. The molecule has 0 radical (unpaired) electrons. The molecular formula is C12H17N5. The SMILES string of the molecule is CC(C)c1ccc(C(CN)c2nn[nH]n2)cc1. The van der Waals surface area contributed by atoms with Gasteiger partial charge in [-0.2, -0.15) is 5.21 Å². The van der Waals surface area contributed by atoms with Gasteiger partial charge in [-0.25, -0.2) is 0 Å². The van der Waals surface area contributed by atoms with E-state index in [9.17, 15) is 0 Å². The first-order chi connectivity index (χ1) is 8.22. The van der Waals surface area contributed by atoms with Crippen LogP contribution in [0.3, 0.4) is 0 Å². The molecule has 1 aromatic carbocycles. The number of nitrogens with one attached hydrogen (secondary N) is 1. The first kappa shape index (κ1) is 11.7. The first-order valence-corrected chi connectivity index (χ1v) is 5.75. The Morgan fingerprint density at radius 3 is 2.29 bits per heavy atom. The van der Waals surface area contributed by atoms with Crippen molar-refractivity contribution >= 4 is 0 Å². The Labute approximate surface area is 100 Å². The molecule has 2 rings (SSSR count). The van der Waals surface area contributed by atoms with Crippen molar-refractivity contribution in [2.24, 2.45) is 5.73 Å². The van der Waals surface area contributed by atoms with E-state index >= 15 is 0 Å². The summed E-state index contributed by atoms with van der Waals surface area (Å²) < 4.78 is 0. The molecule has 0 spiro atoms. The third-order valence-electron chi connectivity index (χ3n) is 2.91. The smallest absolute Gasteiger partial charge is 0.183 e. The number of aromatic nitrogens is 4. The molecule has 2 aromatic rings. The second-order valence-corrected chi connectivity index (χ2v) is 4.38. The van der Waals surface area contributed by atoms with Gasteiger partial charge in [-0.15, -0.1) is 10.2 Å². The average molecular weight is 231 g/mol. The minimum Gasteiger partial charge on any atom is -0.329 e. The van der Waals surface area contributed by atoms with Crippen LogP contribution in [0.4, 0.5) is 0 Å². The lowest BCUT2D eigenvalue weighted by molar-refractivity contribution is 0.751. The number of nitrogens with zero attached hydrogens (tertiary/aromatic N) is 3. The summed E-state index contributed by atoms with van der Waals surface area (Å²) in [5.74, 6) is 1.19. The van der Waals surface area contributed by atoms with Gasteiger partial charge < -0.3 is 5.73 Å². The number of nitrogens with two attached hydrogens (primary N) is 1. The highest BCUT2D eigenvalue weighted by Gasteiger charge is 2.16. The van der Waals surface area contributed by atoms with Gasteiger partial charge in [-0.3, -0.25) is 0 Å². The van der Waals surface area contributed by atoms with Crippen LogP contribution in [0.25, 0.3) is 0 Å². The summed E-state index contributed by atoms with van der Waals surface area (Å²) in [7, 11) is 0. The first-order valence-electron chi connectivity index (χ1n) is 5.75. The number of hydrogen-bond acceptors (Lipinski definition) is 4. The molecule has 0 aliphatic rings. The lowest BCUT2D eigenvalue weighted by Gasteiger charge is -2.12. The molecule has 5 nitrogen and oxygen atoms in total. The van der Waals surface area contributed by atoms with Crippen LogP contribution in [-0.2, 0) is 0 Å². The zero-order chi connectivity index (χ0) is 12.3. The summed E-state index contributed by atoms with van der Waals surface area (Å²) in [6.45, 7) is 4.82. The van der Waals surface area contributed by atoms with E-state index in [0.29, 0.717) is 18.3 Å². The van der Waals surface area contributed by atoms with E-state index in [1.165, 1.54) is 5.56 Å². The standard InChI is InChI=1S/C12H17N5/c1-8(2)9-3-5-10(6-4-9)11(7-13)12-14-16-17-15-12/h3-6,8,11H,7,13H2,1-2H3,(H,14,15,16,17). The van der Waals surface area contributed by atoms with E-state index in [0.717, 1.165) is 5.56 Å². The molecule has 0 saturated heterocycles. The fraction of sp³-hybridized carbons (Fsp3) is 0.417. The third-order valence-corrected chi connectivity index (χ3v) is 2.91. The van der Waals surface area contributed by atoms with Crippen LogP contribution >= 0.6 is 0 Å². The van der Waals surface area contributed by atoms with E-state index in [-0.39, 0.29) is 5.92 Å². The Bertz CT molecular complexity index is 446. The summed E-state index contributed by atoms with van der Waals surface area (Å²) in [4.78, 5) is 0. The number of rotatable bonds is 4. The van der Waals surface area contributed by atoms with Crippen LogP contribution in [0.1, 0.15) is 42.6 Å². The van der Waals surface area contributed by atoms with E-state index in [1.54, 1.807) is 0 Å².